The highest BCUT2D eigenvalue weighted by molar-refractivity contribution is 9.10. The molecule has 0 aliphatic carbocycles. The summed E-state index contributed by atoms with van der Waals surface area (Å²) in [6, 6.07) is 12.1. The zero-order valence-electron chi connectivity index (χ0n) is 8.70. The van der Waals surface area contributed by atoms with Crippen molar-refractivity contribution in [1.82, 2.24) is 0 Å². The van der Waals surface area contributed by atoms with Gasteiger partial charge < -0.3 is 5.11 Å². The molecule has 0 radical (unpaired) electrons. The van der Waals surface area contributed by atoms with Gasteiger partial charge in [0, 0.05) is 10.0 Å². The Morgan fingerprint density at radius 3 is 2.47 bits per heavy atom. The highest BCUT2D eigenvalue weighted by Crippen LogP contribution is 2.29. The molecule has 1 unspecified atom stereocenters. The van der Waals surface area contributed by atoms with Crippen LogP contribution in [0.5, 0.6) is 0 Å². The Labute approximate surface area is 116 Å². The van der Waals surface area contributed by atoms with Crippen molar-refractivity contribution in [1.29, 1.82) is 0 Å². The zero-order valence-corrected chi connectivity index (χ0v) is 11.9. The van der Waals surface area contributed by atoms with Gasteiger partial charge in [-0.3, -0.25) is 0 Å². The fraction of sp³-hybridized carbons (Fsp3) is 0.0769. The lowest BCUT2D eigenvalue weighted by molar-refractivity contribution is 0.214. The van der Waals surface area contributed by atoms with Gasteiger partial charge in [-0.15, -0.1) is 0 Å². The van der Waals surface area contributed by atoms with Gasteiger partial charge in [0.25, 0.3) is 0 Å². The standard InChI is InChI=1S/C13H9Br2FO/c14-9-4-1-3-8(7-9)13(17)10-5-2-6-11(15)12(10)16/h1-7,13,17H. The summed E-state index contributed by atoms with van der Waals surface area (Å²) in [7, 11) is 0. The third-order valence-electron chi connectivity index (χ3n) is 2.44. The van der Waals surface area contributed by atoms with E-state index in [9.17, 15) is 9.50 Å². The molecule has 2 rings (SSSR count). The molecular weight excluding hydrogens is 351 g/mol. The first-order valence-corrected chi connectivity index (χ1v) is 6.55. The smallest absolute Gasteiger partial charge is 0.143 e. The van der Waals surface area contributed by atoms with E-state index in [2.05, 4.69) is 31.9 Å². The molecule has 88 valence electrons. The van der Waals surface area contributed by atoms with E-state index in [1.807, 2.05) is 6.07 Å². The quantitative estimate of drug-likeness (QED) is 0.840. The van der Waals surface area contributed by atoms with Crippen molar-refractivity contribution >= 4 is 31.9 Å². The van der Waals surface area contributed by atoms with Crippen LogP contribution in [0.15, 0.2) is 51.4 Å². The molecule has 4 heteroatoms. The highest BCUT2D eigenvalue weighted by atomic mass is 79.9. The van der Waals surface area contributed by atoms with Crippen molar-refractivity contribution in [2.75, 3.05) is 0 Å². The van der Waals surface area contributed by atoms with Crippen LogP contribution in [-0.4, -0.2) is 5.11 Å². The van der Waals surface area contributed by atoms with Gasteiger partial charge in [-0.05, 0) is 39.7 Å². The average molecular weight is 360 g/mol. The van der Waals surface area contributed by atoms with Crippen LogP contribution < -0.4 is 0 Å². The molecule has 0 bridgehead atoms. The predicted octanol–water partition coefficient (Wildman–Crippen LogP) is 4.43. The first-order valence-electron chi connectivity index (χ1n) is 4.97. The van der Waals surface area contributed by atoms with Crippen molar-refractivity contribution in [2.45, 2.75) is 6.10 Å². The minimum absolute atomic E-state index is 0.262. The summed E-state index contributed by atoms with van der Waals surface area (Å²) < 4.78 is 15.0. The van der Waals surface area contributed by atoms with E-state index in [4.69, 9.17) is 0 Å². The molecule has 0 aromatic heterocycles. The zero-order chi connectivity index (χ0) is 12.4. The van der Waals surface area contributed by atoms with Crippen LogP contribution >= 0.6 is 31.9 Å². The molecule has 17 heavy (non-hydrogen) atoms. The van der Waals surface area contributed by atoms with Crippen molar-refractivity contribution in [3.63, 3.8) is 0 Å². The van der Waals surface area contributed by atoms with Crippen molar-refractivity contribution in [2.24, 2.45) is 0 Å². The van der Waals surface area contributed by atoms with Gasteiger partial charge in [0.05, 0.1) is 4.47 Å². The van der Waals surface area contributed by atoms with Gasteiger partial charge >= 0.3 is 0 Å². The molecule has 0 aliphatic rings. The average Bonchev–Trinajstić information content (AvgIpc) is 2.32. The van der Waals surface area contributed by atoms with Crippen molar-refractivity contribution < 1.29 is 9.50 Å². The van der Waals surface area contributed by atoms with Gasteiger partial charge in [-0.2, -0.15) is 0 Å². The van der Waals surface area contributed by atoms with E-state index in [0.29, 0.717) is 10.0 Å². The first-order chi connectivity index (χ1) is 8.09. The molecule has 0 saturated heterocycles. The third kappa shape index (κ3) is 2.76. The van der Waals surface area contributed by atoms with Gasteiger partial charge in [-0.1, -0.05) is 40.2 Å². The predicted molar refractivity (Wildman–Crippen MR) is 72.3 cm³/mol. The Morgan fingerprint density at radius 2 is 1.76 bits per heavy atom. The van der Waals surface area contributed by atoms with E-state index >= 15 is 0 Å². The Kier molecular flexibility index (Phi) is 3.97. The van der Waals surface area contributed by atoms with Crippen molar-refractivity contribution in [3.8, 4) is 0 Å². The summed E-state index contributed by atoms with van der Waals surface area (Å²) in [5.41, 5.74) is 0.911. The number of hydrogen-bond donors (Lipinski definition) is 1. The van der Waals surface area contributed by atoms with E-state index in [1.165, 1.54) is 0 Å². The lowest BCUT2D eigenvalue weighted by Gasteiger charge is -2.13. The fourth-order valence-electron chi connectivity index (χ4n) is 1.59. The van der Waals surface area contributed by atoms with Gasteiger partial charge in [0.1, 0.15) is 11.9 Å². The summed E-state index contributed by atoms with van der Waals surface area (Å²) in [6.45, 7) is 0. The number of aliphatic hydroxyl groups is 1. The maximum Gasteiger partial charge on any atom is 0.143 e. The van der Waals surface area contributed by atoms with E-state index in [1.54, 1.807) is 36.4 Å². The van der Waals surface area contributed by atoms with Crippen LogP contribution in [0.1, 0.15) is 17.2 Å². The fourth-order valence-corrected chi connectivity index (χ4v) is 2.39. The maximum atomic E-state index is 13.8. The van der Waals surface area contributed by atoms with E-state index in [-0.39, 0.29) is 5.56 Å². The molecule has 1 nitrogen and oxygen atoms in total. The maximum absolute atomic E-state index is 13.8. The van der Waals surface area contributed by atoms with Gasteiger partial charge in [-0.25, -0.2) is 4.39 Å². The normalized spacial score (nSPS) is 12.5. The van der Waals surface area contributed by atoms with E-state index < -0.39 is 11.9 Å². The molecule has 0 fully saturated rings. The van der Waals surface area contributed by atoms with Crippen LogP contribution in [-0.2, 0) is 0 Å². The summed E-state index contributed by atoms with van der Waals surface area (Å²) in [4.78, 5) is 0. The monoisotopic (exact) mass is 358 g/mol. The van der Waals surface area contributed by atoms with E-state index in [0.717, 1.165) is 4.47 Å². The Hall–Kier alpha value is -0.710. The molecule has 0 spiro atoms. The molecular formula is C13H9Br2FO. The number of rotatable bonds is 2. The minimum Gasteiger partial charge on any atom is -0.384 e. The number of benzene rings is 2. The number of aliphatic hydroxyl groups excluding tert-OH is 1. The molecule has 0 heterocycles. The third-order valence-corrected chi connectivity index (χ3v) is 3.55. The lowest BCUT2D eigenvalue weighted by Crippen LogP contribution is -2.02. The van der Waals surface area contributed by atoms with Crippen LogP contribution in [0.2, 0.25) is 0 Å². The van der Waals surface area contributed by atoms with Crippen molar-refractivity contribution in [3.05, 3.63) is 68.4 Å². The Bertz CT molecular complexity index is 543. The number of halogens is 3. The second kappa shape index (κ2) is 5.29. The SMILES string of the molecule is OC(c1cccc(Br)c1)c1cccc(Br)c1F. The Balaban J connectivity index is 2.44. The van der Waals surface area contributed by atoms with Crippen LogP contribution in [0.3, 0.4) is 0 Å². The minimum atomic E-state index is -0.968. The largest absolute Gasteiger partial charge is 0.384 e. The summed E-state index contributed by atoms with van der Waals surface area (Å²) in [5, 5.41) is 10.1. The van der Waals surface area contributed by atoms with Crippen LogP contribution in [0.25, 0.3) is 0 Å². The highest BCUT2D eigenvalue weighted by Gasteiger charge is 2.16. The van der Waals surface area contributed by atoms with Gasteiger partial charge in [0.15, 0.2) is 0 Å². The molecule has 1 N–H and O–H groups in total. The second-order valence-electron chi connectivity index (χ2n) is 3.60. The molecule has 2 aromatic carbocycles. The first kappa shape index (κ1) is 12.7. The summed E-state index contributed by atoms with van der Waals surface area (Å²) >= 11 is 6.43. The molecule has 0 aliphatic heterocycles. The summed E-state index contributed by atoms with van der Waals surface area (Å²) in [5.74, 6) is -0.431. The topological polar surface area (TPSA) is 20.2 Å². The molecule has 0 amide bonds. The molecule has 1 atom stereocenters. The molecule has 2 aromatic rings. The second-order valence-corrected chi connectivity index (χ2v) is 5.37. The van der Waals surface area contributed by atoms with Crippen LogP contribution in [0.4, 0.5) is 4.39 Å². The lowest BCUT2D eigenvalue weighted by atomic mass is 10.0. The Morgan fingerprint density at radius 1 is 1.06 bits per heavy atom. The molecule has 0 saturated carbocycles. The number of hydrogen-bond acceptors (Lipinski definition) is 1. The summed E-state index contributed by atoms with van der Waals surface area (Å²) in [6.07, 6.45) is -0.968. The van der Waals surface area contributed by atoms with Crippen LogP contribution in [0, 0.1) is 5.82 Å². The van der Waals surface area contributed by atoms with Gasteiger partial charge in [0.2, 0.25) is 0 Å².